The summed E-state index contributed by atoms with van der Waals surface area (Å²) in [7, 11) is 1.93. The van der Waals surface area contributed by atoms with Gasteiger partial charge >= 0.3 is 0 Å². The van der Waals surface area contributed by atoms with E-state index in [-0.39, 0.29) is 32.7 Å². The molecule has 0 aliphatic carbocycles. The van der Waals surface area contributed by atoms with Crippen LogP contribution in [0.2, 0.25) is 0 Å². The van der Waals surface area contributed by atoms with Crippen molar-refractivity contribution in [2.45, 2.75) is 13.8 Å². The Balaban J connectivity index is 0.000000980. The van der Waals surface area contributed by atoms with Gasteiger partial charge in [0.2, 0.25) is 0 Å². The Morgan fingerprint density at radius 3 is 2.57 bits per heavy atom. The maximum absolute atomic E-state index is 5.78. The minimum atomic E-state index is 0. The zero-order valence-corrected chi connectivity index (χ0v) is 11.3. The molecule has 14 heavy (non-hydrogen) atoms. The number of aryl methyl sites for hydroxylation is 3. The molecule has 2 rings (SSSR count). The van der Waals surface area contributed by atoms with Crippen LogP contribution < -0.4 is 5.73 Å². The molecular weight excluding hydrogens is 253 g/mol. The molecule has 0 aliphatic heterocycles. The van der Waals surface area contributed by atoms with Crippen LogP contribution in [0.1, 0.15) is 11.5 Å². The van der Waals surface area contributed by atoms with Crippen LogP contribution in [-0.2, 0) is 39.8 Å². The molecule has 0 aromatic carbocycles. The summed E-state index contributed by atoms with van der Waals surface area (Å²) in [5.74, 6) is 1.21. The standard InChI is InChI=1S/C9H11N4.Y/c1-5-4-7-8(13(5)3)9(10)12-6(2)11-7;/h1-3H3,(H2,10,11,12);/q-1;. The molecule has 4 nitrogen and oxygen atoms in total. The quantitative estimate of drug-likeness (QED) is 0.721. The van der Waals surface area contributed by atoms with E-state index in [4.69, 9.17) is 5.73 Å². The average Bonchev–Trinajstić information content (AvgIpc) is 2.27. The van der Waals surface area contributed by atoms with E-state index in [1.165, 1.54) is 0 Å². The monoisotopic (exact) mass is 264 g/mol. The van der Waals surface area contributed by atoms with Gasteiger partial charge < -0.3 is 10.3 Å². The molecule has 1 radical (unpaired) electrons. The van der Waals surface area contributed by atoms with Crippen LogP contribution in [-0.4, -0.2) is 14.5 Å². The number of anilines is 1. The number of hydrogen-bond donors (Lipinski definition) is 1. The van der Waals surface area contributed by atoms with Crippen molar-refractivity contribution in [2.75, 3.05) is 5.73 Å². The molecule has 2 aromatic rings. The van der Waals surface area contributed by atoms with Crippen LogP contribution in [0.15, 0.2) is 0 Å². The molecule has 2 aromatic heterocycles. The van der Waals surface area contributed by atoms with Crippen molar-refractivity contribution in [3.63, 3.8) is 0 Å². The third kappa shape index (κ3) is 1.68. The Morgan fingerprint density at radius 1 is 1.29 bits per heavy atom. The van der Waals surface area contributed by atoms with E-state index in [9.17, 15) is 0 Å². The topological polar surface area (TPSA) is 56.7 Å². The summed E-state index contributed by atoms with van der Waals surface area (Å²) in [6, 6.07) is 3.14. The molecule has 0 aliphatic rings. The first-order valence-corrected chi connectivity index (χ1v) is 4.08. The maximum Gasteiger partial charge on any atom is 0.122 e. The van der Waals surface area contributed by atoms with Gasteiger partial charge in [-0.1, -0.05) is 11.2 Å². The largest absolute Gasteiger partial charge is 0.437 e. The summed E-state index contributed by atoms with van der Waals surface area (Å²) in [5.41, 5.74) is 8.45. The van der Waals surface area contributed by atoms with E-state index in [1.807, 2.05) is 25.5 Å². The fourth-order valence-electron chi connectivity index (χ4n) is 1.43. The van der Waals surface area contributed by atoms with Gasteiger partial charge in [-0.05, 0) is 26.4 Å². The number of nitrogens with two attached hydrogens (primary N) is 1. The van der Waals surface area contributed by atoms with E-state index in [1.54, 1.807) is 0 Å². The molecule has 2 heterocycles. The van der Waals surface area contributed by atoms with Gasteiger partial charge in [-0.15, -0.1) is 0 Å². The Morgan fingerprint density at radius 2 is 1.93 bits per heavy atom. The Labute approximate surface area is 108 Å². The van der Waals surface area contributed by atoms with Crippen molar-refractivity contribution in [3.05, 3.63) is 17.6 Å². The number of aromatic nitrogens is 3. The first kappa shape index (κ1) is 11.6. The van der Waals surface area contributed by atoms with E-state index in [2.05, 4.69) is 16.0 Å². The predicted molar refractivity (Wildman–Crippen MR) is 51.2 cm³/mol. The minimum absolute atomic E-state index is 0. The van der Waals surface area contributed by atoms with Gasteiger partial charge in [-0.2, -0.15) is 0 Å². The van der Waals surface area contributed by atoms with Gasteiger partial charge in [-0.25, -0.2) is 11.1 Å². The smallest absolute Gasteiger partial charge is 0.122 e. The number of fused-ring (bicyclic) bond motifs is 1. The van der Waals surface area contributed by atoms with Crippen molar-refractivity contribution in [3.8, 4) is 0 Å². The SMILES string of the molecule is Cc1nc(N)c2c([c-]c(C)n2C)n1.[Y]. The predicted octanol–water partition coefficient (Wildman–Crippen LogP) is 0.965. The van der Waals surface area contributed by atoms with Crippen LogP contribution in [0, 0.1) is 19.9 Å². The summed E-state index contributed by atoms with van der Waals surface area (Å²) in [5, 5.41) is 0. The van der Waals surface area contributed by atoms with Crippen molar-refractivity contribution >= 4 is 16.9 Å². The van der Waals surface area contributed by atoms with Crippen molar-refractivity contribution in [1.29, 1.82) is 0 Å². The van der Waals surface area contributed by atoms with Gasteiger partial charge in [0.1, 0.15) is 5.82 Å². The molecular formula is C9H11N4Y-. The zero-order chi connectivity index (χ0) is 9.59. The second-order valence-corrected chi connectivity index (χ2v) is 3.12. The van der Waals surface area contributed by atoms with Crippen molar-refractivity contribution < 1.29 is 32.7 Å². The molecule has 5 heteroatoms. The summed E-state index contributed by atoms with van der Waals surface area (Å²) in [4.78, 5) is 8.35. The molecule has 0 fully saturated rings. The van der Waals surface area contributed by atoms with E-state index < -0.39 is 0 Å². The molecule has 0 unspecified atom stereocenters. The summed E-state index contributed by atoms with van der Waals surface area (Å²) >= 11 is 0. The molecule has 2 N–H and O–H groups in total. The molecule has 0 spiro atoms. The van der Waals surface area contributed by atoms with Crippen LogP contribution in [0.5, 0.6) is 0 Å². The Bertz CT molecular complexity index is 475. The van der Waals surface area contributed by atoms with Crippen LogP contribution in [0.3, 0.4) is 0 Å². The maximum atomic E-state index is 5.78. The Kier molecular flexibility index (Phi) is 3.27. The molecule has 0 saturated carbocycles. The van der Waals surface area contributed by atoms with Gasteiger partial charge in [0, 0.05) is 32.7 Å². The van der Waals surface area contributed by atoms with Crippen LogP contribution in [0.25, 0.3) is 11.0 Å². The summed E-state index contributed by atoms with van der Waals surface area (Å²) < 4.78 is 1.95. The number of rotatable bonds is 0. The number of hydrogen-bond acceptors (Lipinski definition) is 3. The van der Waals surface area contributed by atoms with Crippen molar-refractivity contribution in [2.24, 2.45) is 7.05 Å². The van der Waals surface area contributed by atoms with Crippen LogP contribution >= 0.6 is 0 Å². The number of nitrogen functional groups attached to an aromatic ring is 1. The molecule has 0 atom stereocenters. The molecule has 0 bridgehead atoms. The second-order valence-electron chi connectivity index (χ2n) is 3.12. The van der Waals surface area contributed by atoms with E-state index >= 15 is 0 Å². The Hall–Kier alpha value is -0.476. The van der Waals surface area contributed by atoms with Crippen LogP contribution in [0.4, 0.5) is 5.82 Å². The van der Waals surface area contributed by atoms with Crippen molar-refractivity contribution in [1.82, 2.24) is 14.5 Å². The first-order chi connectivity index (χ1) is 6.09. The van der Waals surface area contributed by atoms with E-state index in [0.29, 0.717) is 11.6 Å². The summed E-state index contributed by atoms with van der Waals surface area (Å²) in [6.45, 7) is 3.79. The third-order valence-electron chi connectivity index (χ3n) is 2.16. The number of nitrogens with zero attached hydrogens (tertiary/aromatic N) is 3. The second kappa shape index (κ2) is 3.95. The molecule has 0 saturated heterocycles. The zero-order valence-electron chi connectivity index (χ0n) is 8.50. The molecule has 71 valence electrons. The molecule has 0 amide bonds. The third-order valence-corrected chi connectivity index (χ3v) is 2.16. The summed E-state index contributed by atoms with van der Waals surface area (Å²) in [6.07, 6.45) is 0. The van der Waals surface area contributed by atoms with Gasteiger partial charge in [-0.3, -0.25) is 4.98 Å². The van der Waals surface area contributed by atoms with E-state index in [0.717, 1.165) is 16.7 Å². The fraction of sp³-hybridized carbons (Fsp3) is 0.333. The van der Waals surface area contributed by atoms with Gasteiger partial charge in [0.15, 0.2) is 0 Å². The fourth-order valence-corrected chi connectivity index (χ4v) is 1.43. The average molecular weight is 264 g/mol. The minimum Gasteiger partial charge on any atom is -0.437 e. The van der Waals surface area contributed by atoms with Gasteiger partial charge in [0.25, 0.3) is 0 Å². The first-order valence-electron chi connectivity index (χ1n) is 4.08. The van der Waals surface area contributed by atoms with Gasteiger partial charge in [0.05, 0.1) is 5.82 Å². The normalized spacial score (nSPS) is 10.2.